The van der Waals surface area contributed by atoms with Gasteiger partial charge in [0.2, 0.25) is 10.0 Å². The van der Waals surface area contributed by atoms with Crippen molar-refractivity contribution in [1.82, 2.24) is 9.21 Å². The largest absolute Gasteiger partial charge is 0.396 e. The van der Waals surface area contributed by atoms with Crippen molar-refractivity contribution in [2.75, 3.05) is 32.4 Å². The van der Waals surface area contributed by atoms with Crippen LogP contribution in [0.1, 0.15) is 19.8 Å². The summed E-state index contributed by atoms with van der Waals surface area (Å²) >= 11 is 0. The van der Waals surface area contributed by atoms with Crippen LogP contribution in [-0.2, 0) is 10.0 Å². The first-order valence-corrected chi connectivity index (χ1v) is 8.55. The number of likely N-dealkylation sites (tertiary alicyclic amines) is 1. The molecule has 1 aromatic rings. The number of hydrogen-bond donors (Lipinski definition) is 1. The highest BCUT2D eigenvalue weighted by molar-refractivity contribution is 7.89. The summed E-state index contributed by atoms with van der Waals surface area (Å²) in [6.07, 6.45) is 2.08. The second kappa shape index (κ2) is 6.29. The second-order valence-corrected chi connectivity index (χ2v) is 7.44. The molecule has 7 heteroatoms. The number of likely N-dealkylation sites (N-methyl/N-ethyl adjacent to an activating group) is 2. The van der Waals surface area contributed by atoms with E-state index in [1.54, 1.807) is 0 Å². The number of sulfonamides is 1. The Kier molecular flexibility index (Phi) is 4.85. The second-order valence-electron chi connectivity index (χ2n) is 5.39. The molecule has 1 heterocycles. The van der Waals surface area contributed by atoms with E-state index in [2.05, 4.69) is 11.8 Å². The number of nitrogen functional groups attached to an aromatic ring is 1. The summed E-state index contributed by atoms with van der Waals surface area (Å²) < 4.78 is 39.7. The van der Waals surface area contributed by atoms with E-state index in [0.717, 1.165) is 32.0 Å². The molecule has 0 bridgehead atoms. The molecule has 118 valence electrons. The van der Waals surface area contributed by atoms with E-state index in [9.17, 15) is 12.8 Å². The van der Waals surface area contributed by atoms with Gasteiger partial charge in [0.05, 0.1) is 10.6 Å². The Morgan fingerprint density at radius 1 is 1.48 bits per heavy atom. The molecule has 1 aliphatic heterocycles. The Labute approximate surface area is 125 Å². The van der Waals surface area contributed by atoms with Gasteiger partial charge in [-0.25, -0.2) is 12.8 Å². The lowest BCUT2D eigenvalue weighted by molar-refractivity contribution is 0.237. The van der Waals surface area contributed by atoms with Crippen molar-refractivity contribution in [2.45, 2.75) is 30.7 Å². The van der Waals surface area contributed by atoms with Crippen molar-refractivity contribution < 1.29 is 12.8 Å². The lowest BCUT2D eigenvalue weighted by Crippen LogP contribution is -2.41. The molecule has 1 unspecified atom stereocenters. The van der Waals surface area contributed by atoms with E-state index >= 15 is 0 Å². The molecule has 0 saturated carbocycles. The van der Waals surface area contributed by atoms with Gasteiger partial charge in [0.1, 0.15) is 5.82 Å². The van der Waals surface area contributed by atoms with Gasteiger partial charge in [-0.1, -0.05) is 6.92 Å². The topological polar surface area (TPSA) is 66.6 Å². The van der Waals surface area contributed by atoms with Gasteiger partial charge < -0.3 is 5.73 Å². The van der Waals surface area contributed by atoms with E-state index in [-0.39, 0.29) is 16.6 Å². The van der Waals surface area contributed by atoms with E-state index < -0.39 is 15.8 Å². The Morgan fingerprint density at radius 2 is 2.19 bits per heavy atom. The number of benzene rings is 1. The van der Waals surface area contributed by atoms with Crippen molar-refractivity contribution in [3.63, 3.8) is 0 Å². The molecule has 2 N–H and O–H groups in total. The van der Waals surface area contributed by atoms with Crippen LogP contribution in [0.3, 0.4) is 0 Å². The van der Waals surface area contributed by atoms with Gasteiger partial charge >= 0.3 is 0 Å². The number of halogens is 1. The van der Waals surface area contributed by atoms with Crippen LogP contribution in [0, 0.1) is 5.82 Å². The van der Waals surface area contributed by atoms with E-state index in [0.29, 0.717) is 6.54 Å². The molecule has 1 aliphatic rings. The summed E-state index contributed by atoms with van der Waals surface area (Å²) in [5, 5.41) is 0. The Morgan fingerprint density at radius 3 is 2.81 bits per heavy atom. The van der Waals surface area contributed by atoms with Gasteiger partial charge in [-0.3, -0.25) is 4.90 Å². The van der Waals surface area contributed by atoms with Crippen LogP contribution in [0.15, 0.2) is 23.1 Å². The molecule has 0 radical (unpaired) electrons. The smallest absolute Gasteiger partial charge is 0.242 e. The van der Waals surface area contributed by atoms with Crippen LogP contribution in [0.25, 0.3) is 0 Å². The Balaban J connectivity index is 2.16. The predicted octanol–water partition coefficient (Wildman–Crippen LogP) is 1.51. The minimum Gasteiger partial charge on any atom is -0.396 e. The van der Waals surface area contributed by atoms with Gasteiger partial charge in [-0.2, -0.15) is 4.31 Å². The monoisotopic (exact) mass is 315 g/mol. The van der Waals surface area contributed by atoms with Crippen LogP contribution in [-0.4, -0.2) is 50.3 Å². The third-order valence-electron chi connectivity index (χ3n) is 4.05. The van der Waals surface area contributed by atoms with Crippen LogP contribution in [0.2, 0.25) is 0 Å². The lowest BCUT2D eigenvalue weighted by atomic mass is 10.2. The third kappa shape index (κ3) is 3.36. The van der Waals surface area contributed by atoms with Crippen LogP contribution in [0.5, 0.6) is 0 Å². The molecule has 0 aliphatic carbocycles. The predicted molar refractivity (Wildman–Crippen MR) is 80.9 cm³/mol. The molecule has 1 saturated heterocycles. The first-order chi connectivity index (χ1) is 9.86. The molecular formula is C14H22FN3O2S. The zero-order chi connectivity index (χ0) is 15.6. The highest BCUT2D eigenvalue weighted by Crippen LogP contribution is 2.22. The average molecular weight is 315 g/mol. The van der Waals surface area contributed by atoms with Crippen LogP contribution < -0.4 is 5.73 Å². The van der Waals surface area contributed by atoms with Crippen molar-refractivity contribution in [2.24, 2.45) is 0 Å². The SMILES string of the molecule is CCN1CCCC1CN(C)S(=O)(=O)c1ccc(N)c(F)c1. The van der Waals surface area contributed by atoms with E-state index in [1.807, 2.05) is 0 Å². The maximum absolute atomic E-state index is 13.5. The molecule has 1 atom stereocenters. The minimum atomic E-state index is -3.69. The molecule has 1 aromatic carbocycles. The fraction of sp³-hybridized carbons (Fsp3) is 0.571. The molecule has 5 nitrogen and oxygen atoms in total. The van der Waals surface area contributed by atoms with Crippen molar-refractivity contribution in [3.05, 3.63) is 24.0 Å². The van der Waals surface area contributed by atoms with Gasteiger partial charge in [0.25, 0.3) is 0 Å². The standard InChI is InChI=1S/C14H22FN3O2S/c1-3-18-8-4-5-11(18)10-17(2)21(19,20)12-6-7-14(16)13(15)9-12/h6-7,9,11H,3-5,8,10,16H2,1-2H3. The Hall–Kier alpha value is -1.18. The quantitative estimate of drug-likeness (QED) is 0.837. The lowest BCUT2D eigenvalue weighted by Gasteiger charge is -2.27. The molecule has 0 aromatic heterocycles. The zero-order valence-corrected chi connectivity index (χ0v) is 13.2. The van der Waals surface area contributed by atoms with E-state index in [1.165, 1.54) is 23.5 Å². The normalized spacial score (nSPS) is 20.3. The highest BCUT2D eigenvalue weighted by atomic mass is 32.2. The first-order valence-electron chi connectivity index (χ1n) is 7.11. The van der Waals surface area contributed by atoms with Gasteiger partial charge in [0, 0.05) is 19.6 Å². The molecule has 1 fully saturated rings. The number of hydrogen-bond acceptors (Lipinski definition) is 4. The summed E-state index contributed by atoms with van der Waals surface area (Å²) in [4.78, 5) is 2.22. The minimum absolute atomic E-state index is 0.0513. The van der Waals surface area contributed by atoms with Crippen molar-refractivity contribution in [3.8, 4) is 0 Å². The van der Waals surface area contributed by atoms with E-state index in [4.69, 9.17) is 5.73 Å². The average Bonchev–Trinajstić information content (AvgIpc) is 2.88. The van der Waals surface area contributed by atoms with Crippen LogP contribution in [0.4, 0.5) is 10.1 Å². The van der Waals surface area contributed by atoms with Crippen molar-refractivity contribution >= 4 is 15.7 Å². The maximum Gasteiger partial charge on any atom is 0.242 e. The third-order valence-corrected chi connectivity index (χ3v) is 5.87. The van der Waals surface area contributed by atoms with Gasteiger partial charge in [-0.15, -0.1) is 0 Å². The molecular weight excluding hydrogens is 293 g/mol. The number of nitrogens with two attached hydrogens (primary N) is 1. The fourth-order valence-electron chi connectivity index (χ4n) is 2.76. The van der Waals surface area contributed by atoms with Crippen LogP contribution >= 0.6 is 0 Å². The number of rotatable bonds is 5. The number of nitrogens with zero attached hydrogens (tertiary/aromatic N) is 2. The summed E-state index contributed by atoms with van der Waals surface area (Å²) in [5.41, 5.74) is 5.33. The summed E-state index contributed by atoms with van der Waals surface area (Å²) in [7, 11) is -2.15. The zero-order valence-electron chi connectivity index (χ0n) is 12.4. The molecule has 2 rings (SSSR count). The fourth-order valence-corrected chi connectivity index (χ4v) is 3.98. The Bertz CT molecular complexity index is 606. The highest BCUT2D eigenvalue weighted by Gasteiger charge is 2.29. The molecule has 0 amide bonds. The first kappa shape index (κ1) is 16.2. The molecule has 0 spiro atoms. The summed E-state index contributed by atoms with van der Waals surface area (Å²) in [6, 6.07) is 3.84. The van der Waals surface area contributed by atoms with Gasteiger partial charge in [0.15, 0.2) is 0 Å². The van der Waals surface area contributed by atoms with Gasteiger partial charge in [-0.05, 0) is 44.1 Å². The summed E-state index contributed by atoms with van der Waals surface area (Å²) in [5.74, 6) is -0.708. The molecule has 21 heavy (non-hydrogen) atoms. The summed E-state index contributed by atoms with van der Waals surface area (Å²) in [6.45, 7) is 4.41. The number of anilines is 1. The maximum atomic E-state index is 13.5. The van der Waals surface area contributed by atoms with Crippen molar-refractivity contribution in [1.29, 1.82) is 0 Å².